The maximum atomic E-state index is 13.4. The largest absolute Gasteiger partial charge is 0.243 e. The van der Waals surface area contributed by atoms with Crippen LogP contribution in [0.3, 0.4) is 0 Å². The zero-order valence-electron chi connectivity index (χ0n) is 21.2. The van der Waals surface area contributed by atoms with Gasteiger partial charge in [0, 0.05) is 26.2 Å². The minimum Gasteiger partial charge on any atom is -0.207 e. The molecule has 2 aliphatic heterocycles. The van der Waals surface area contributed by atoms with Crippen molar-refractivity contribution in [2.75, 3.05) is 26.2 Å². The third kappa shape index (κ3) is 4.83. The zero-order chi connectivity index (χ0) is 26.9. The highest BCUT2D eigenvalue weighted by Gasteiger charge is 2.37. The summed E-state index contributed by atoms with van der Waals surface area (Å²) in [6, 6.07) is 6.53. The fourth-order valence-electron chi connectivity index (χ4n) is 5.82. The van der Waals surface area contributed by atoms with E-state index < -0.39 is 32.1 Å². The van der Waals surface area contributed by atoms with E-state index in [1.165, 1.54) is 45.0 Å². The Kier molecular flexibility index (Phi) is 7.77. The molecule has 2 unspecified atom stereocenters. The van der Waals surface area contributed by atoms with E-state index in [9.17, 15) is 26.6 Å². The Balaban J connectivity index is 1.55. The maximum Gasteiger partial charge on any atom is 0.243 e. The van der Waals surface area contributed by atoms with Crippen molar-refractivity contribution >= 4 is 20.0 Å². The molecule has 0 radical (unpaired) electrons. The van der Waals surface area contributed by atoms with Gasteiger partial charge in [0.15, 0.2) is 0 Å². The number of sulfonamides is 2. The van der Waals surface area contributed by atoms with Gasteiger partial charge in [0.25, 0.3) is 0 Å². The molecule has 12 heteroatoms. The Labute approximate surface area is 223 Å². The molecule has 1 aliphatic carbocycles. The first kappa shape index (κ1) is 27.0. The third-order valence-electron chi connectivity index (χ3n) is 7.91. The molecule has 2 saturated heterocycles. The second-order valence-electron chi connectivity index (χ2n) is 10.2. The number of hydrogen-bond donors (Lipinski definition) is 0. The second kappa shape index (κ2) is 10.9. The summed E-state index contributed by atoms with van der Waals surface area (Å²) >= 11 is 0. The topological polar surface area (TPSA) is 134 Å². The molecule has 3 aliphatic rings. The number of hydrogen-bond acceptors (Lipinski definition) is 8. The summed E-state index contributed by atoms with van der Waals surface area (Å²) in [5.41, 5.74) is 1.32. The first-order valence-corrected chi connectivity index (χ1v) is 16.1. The lowest BCUT2D eigenvalue weighted by atomic mass is 9.80. The van der Waals surface area contributed by atoms with Crippen LogP contribution in [0.2, 0.25) is 0 Å². The highest BCUT2D eigenvalue weighted by molar-refractivity contribution is 7.89. The SMILES string of the molecule is O=NC1c2ccc(S(=O)(=O)N3CCCCCC3)cc2C(N=O)c2ccc(S(=O)(=O)N3CCCCCC3)cc21. The molecule has 2 atom stereocenters. The molecule has 0 N–H and O–H groups in total. The molecular formula is C26H32N4O6S2. The number of nitrogens with zero attached hydrogens (tertiary/aromatic N) is 4. The van der Waals surface area contributed by atoms with Gasteiger partial charge < -0.3 is 0 Å². The Morgan fingerprint density at radius 3 is 1.18 bits per heavy atom. The summed E-state index contributed by atoms with van der Waals surface area (Å²) < 4.78 is 56.6. The van der Waals surface area contributed by atoms with Crippen LogP contribution in [0, 0.1) is 9.81 Å². The standard InChI is InChI=1S/C26H32N4O6S2/c31-27-25-22-12-10-20(38(35,36)30-15-7-3-4-8-16-30)18-24(22)26(28-32)21-11-9-19(17-23(21)25)37(33,34)29-13-5-1-2-6-14-29/h9-12,17-18,25-26H,1-8,13-16H2. The number of fused-ring (bicyclic) bond motifs is 2. The van der Waals surface area contributed by atoms with Crippen LogP contribution in [0.5, 0.6) is 0 Å². The summed E-state index contributed by atoms with van der Waals surface area (Å²) in [5.74, 6) is 0. The highest BCUT2D eigenvalue weighted by Crippen LogP contribution is 2.46. The average molecular weight is 561 g/mol. The number of nitroso groups, excluding NO2 is 2. The van der Waals surface area contributed by atoms with Crippen LogP contribution in [-0.2, 0) is 20.0 Å². The predicted molar refractivity (Wildman–Crippen MR) is 143 cm³/mol. The van der Waals surface area contributed by atoms with Crippen LogP contribution >= 0.6 is 0 Å². The van der Waals surface area contributed by atoms with Crippen molar-refractivity contribution in [1.29, 1.82) is 0 Å². The lowest BCUT2D eigenvalue weighted by Crippen LogP contribution is -2.32. The lowest BCUT2D eigenvalue weighted by molar-refractivity contribution is 0.423. The lowest BCUT2D eigenvalue weighted by Gasteiger charge is -2.29. The maximum absolute atomic E-state index is 13.4. The molecule has 2 heterocycles. The number of benzene rings is 2. The summed E-state index contributed by atoms with van der Waals surface area (Å²) in [5, 5.41) is 6.56. The van der Waals surface area contributed by atoms with Gasteiger partial charge in [-0.25, -0.2) is 16.8 Å². The van der Waals surface area contributed by atoms with Crippen molar-refractivity contribution in [2.24, 2.45) is 10.4 Å². The van der Waals surface area contributed by atoms with Gasteiger partial charge in [0.1, 0.15) is 12.1 Å². The highest BCUT2D eigenvalue weighted by atomic mass is 32.2. The van der Waals surface area contributed by atoms with Crippen LogP contribution in [0.1, 0.15) is 85.7 Å². The average Bonchev–Trinajstić information content (AvgIpc) is 3.38. The molecule has 10 nitrogen and oxygen atoms in total. The van der Waals surface area contributed by atoms with Crippen molar-refractivity contribution < 1.29 is 16.8 Å². The van der Waals surface area contributed by atoms with Crippen LogP contribution < -0.4 is 0 Å². The Morgan fingerprint density at radius 2 is 0.868 bits per heavy atom. The van der Waals surface area contributed by atoms with Gasteiger partial charge in [-0.05, 0) is 72.2 Å². The fraction of sp³-hybridized carbons (Fsp3) is 0.538. The second-order valence-corrected chi connectivity index (χ2v) is 14.1. The third-order valence-corrected chi connectivity index (χ3v) is 11.7. The molecule has 0 saturated carbocycles. The van der Waals surface area contributed by atoms with Crippen molar-refractivity contribution in [3.8, 4) is 0 Å². The molecule has 5 rings (SSSR count). The van der Waals surface area contributed by atoms with Crippen LogP contribution in [-0.4, -0.2) is 51.6 Å². The van der Waals surface area contributed by atoms with Crippen LogP contribution in [0.25, 0.3) is 0 Å². The molecule has 2 fully saturated rings. The van der Waals surface area contributed by atoms with Crippen LogP contribution in [0.15, 0.2) is 56.5 Å². The zero-order valence-corrected chi connectivity index (χ0v) is 22.8. The van der Waals surface area contributed by atoms with Gasteiger partial charge in [0.2, 0.25) is 20.0 Å². The van der Waals surface area contributed by atoms with E-state index in [1.807, 2.05) is 0 Å². The number of rotatable bonds is 6. The molecule has 204 valence electrons. The van der Waals surface area contributed by atoms with Gasteiger partial charge in [-0.3, -0.25) is 0 Å². The summed E-state index contributed by atoms with van der Waals surface area (Å²) in [6.45, 7) is 1.74. The van der Waals surface area contributed by atoms with Crippen molar-refractivity contribution in [1.82, 2.24) is 8.61 Å². The quantitative estimate of drug-likeness (QED) is 0.464. The molecule has 0 aromatic heterocycles. The molecule has 2 aromatic rings. The van der Waals surface area contributed by atoms with Crippen molar-refractivity contribution in [2.45, 2.75) is 73.2 Å². The van der Waals surface area contributed by atoms with Gasteiger partial charge in [-0.2, -0.15) is 8.61 Å². The molecule has 38 heavy (non-hydrogen) atoms. The van der Waals surface area contributed by atoms with E-state index in [1.54, 1.807) is 0 Å². The molecule has 0 amide bonds. The predicted octanol–water partition coefficient (Wildman–Crippen LogP) is 4.84. The van der Waals surface area contributed by atoms with E-state index in [2.05, 4.69) is 10.4 Å². The van der Waals surface area contributed by atoms with E-state index in [-0.39, 0.29) is 9.79 Å². The van der Waals surface area contributed by atoms with Crippen molar-refractivity contribution in [3.63, 3.8) is 0 Å². The summed E-state index contributed by atoms with van der Waals surface area (Å²) in [6.07, 6.45) is 7.06. The van der Waals surface area contributed by atoms with Crippen LogP contribution in [0.4, 0.5) is 0 Å². The minimum absolute atomic E-state index is 0.0419. The van der Waals surface area contributed by atoms with E-state index >= 15 is 0 Å². The Bertz CT molecular complexity index is 1320. The van der Waals surface area contributed by atoms with E-state index in [0.717, 1.165) is 51.4 Å². The Hall–Kier alpha value is -2.54. The fourth-order valence-corrected chi connectivity index (χ4v) is 8.93. The van der Waals surface area contributed by atoms with Crippen molar-refractivity contribution in [3.05, 3.63) is 68.5 Å². The summed E-state index contributed by atoms with van der Waals surface area (Å²) in [4.78, 5) is 24.3. The molecule has 2 aromatic carbocycles. The van der Waals surface area contributed by atoms with Gasteiger partial charge in [-0.1, -0.05) is 48.2 Å². The normalized spacial score (nSPS) is 23.5. The first-order valence-electron chi connectivity index (χ1n) is 13.2. The Morgan fingerprint density at radius 1 is 0.526 bits per heavy atom. The van der Waals surface area contributed by atoms with E-state index in [4.69, 9.17) is 0 Å². The van der Waals surface area contributed by atoms with Gasteiger partial charge in [0.05, 0.1) is 9.79 Å². The smallest absolute Gasteiger partial charge is 0.207 e. The molecular weight excluding hydrogens is 528 g/mol. The monoisotopic (exact) mass is 560 g/mol. The summed E-state index contributed by atoms with van der Waals surface area (Å²) in [7, 11) is -7.60. The minimum atomic E-state index is -3.80. The van der Waals surface area contributed by atoms with Gasteiger partial charge >= 0.3 is 0 Å². The molecule has 0 bridgehead atoms. The first-order chi connectivity index (χ1) is 18.3. The molecule has 0 spiro atoms. The van der Waals surface area contributed by atoms with E-state index in [0.29, 0.717) is 48.4 Å². The van der Waals surface area contributed by atoms with Gasteiger partial charge in [-0.15, -0.1) is 9.81 Å².